The van der Waals surface area contributed by atoms with E-state index in [1.165, 1.54) is 30.3 Å². The number of carbonyl (C=O) groups is 2. The van der Waals surface area contributed by atoms with Crippen LogP contribution in [0.5, 0.6) is 5.75 Å². The Morgan fingerprint density at radius 1 is 1.11 bits per heavy atom. The molecule has 1 aliphatic rings. The SMILES string of the molecule is O=C(NC1CCCC1)C(c1ccc(O)cc1)N(C(=O)c1nsc(Cl)c1Cl)c1cccc(C(F)(F)F)c1. The van der Waals surface area contributed by atoms with E-state index in [1.54, 1.807) is 0 Å². The Bertz CT molecular complexity index is 1260. The molecule has 3 aromatic rings. The molecule has 0 spiro atoms. The molecule has 2 aromatic carbocycles. The van der Waals surface area contributed by atoms with Gasteiger partial charge in [-0.25, -0.2) is 0 Å². The number of anilines is 1. The molecule has 1 aromatic heterocycles. The van der Waals surface area contributed by atoms with E-state index >= 15 is 0 Å². The van der Waals surface area contributed by atoms with Gasteiger partial charge in [0.05, 0.1) is 5.56 Å². The summed E-state index contributed by atoms with van der Waals surface area (Å²) in [5.74, 6) is -1.57. The van der Waals surface area contributed by atoms with Gasteiger partial charge < -0.3 is 10.4 Å². The number of rotatable bonds is 6. The number of alkyl halides is 3. The molecule has 2 amide bonds. The van der Waals surface area contributed by atoms with E-state index in [1.807, 2.05) is 0 Å². The summed E-state index contributed by atoms with van der Waals surface area (Å²) in [6, 6.07) is 8.09. The Labute approximate surface area is 218 Å². The number of aromatic nitrogens is 1. The highest BCUT2D eigenvalue weighted by Crippen LogP contribution is 2.38. The lowest BCUT2D eigenvalue weighted by Crippen LogP contribution is -2.46. The minimum atomic E-state index is -4.69. The van der Waals surface area contributed by atoms with Crippen LogP contribution in [-0.2, 0) is 11.0 Å². The van der Waals surface area contributed by atoms with Gasteiger partial charge in [-0.3, -0.25) is 14.5 Å². The maximum absolute atomic E-state index is 13.8. The first kappa shape index (κ1) is 26.2. The molecular formula is C24H20Cl2F3N3O3S. The highest BCUT2D eigenvalue weighted by molar-refractivity contribution is 7.11. The van der Waals surface area contributed by atoms with E-state index in [4.69, 9.17) is 23.2 Å². The van der Waals surface area contributed by atoms with Crippen LogP contribution in [0.1, 0.15) is 53.3 Å². The monoisotopic (exact) mass is 557 g/mol. The number of halogens is 5. The fourth-order valence-electron chi connectivity index (χ4n) is 4.15. The molecule has 190 valence electrons. The van der Waals surface area contributed by atoms with Gasteiger partial charge in [-0.15, -0.1) is 0 Å². The van der Waals surface area contributed by atoms with Crippen LogP contribution >= 0.6 is 34.7 Å². The molecule has 1 aliphatic carbocycles. The van der Waals surface area contributed by atoms with Gasteiger partial charge in [0.15, 0.2) is 5.69 Å². The summed E-state index contributed by atoms with van der Waals surface area (Å²) in [5.41, 5.74) is -1.21. The van der Waals surface area contributed by atoms with Crippen LogP contribution < -0.4 is 10.2 Å². The van der Waals surface area contributed by atoms with Gasteiger partial charge in [0, 0.05) is 11.7 Å². The molecule has 6 nitrogen and oxygen atoms in total. The number of hydrogen-bond acceptors (Lipinski definition) is 5. The van der Waals surface area contributed by atoms with Crippen molar-refractivity contribution in [1.29, 1.82) is 0 Å². The molecular weight excluding hydrogens is 538 g/mol. The molecule has 0 saturated heterocycles. The predicted octanol–water partition coefficient (Wildman–Crippen LogP) is 6.62. The number of nitrogens with one attached hydrogen (secondary N) is 1. The molecule has 1 saturated carbocycles. The first-order chi connectivity index (χ1) is 17.1. The summed E-state index contributed by atoms with van der Waals surface area (Å²) in [6.45, 7) is 0. The Balaban J connectivity index is 1.88. The van der Waals surface area contributed by atoms with Crippen molar-refractivity contribution in [2.45, 2.75) is 43.9 Å². The van der Waals surface area contributed by atoms with Crippen LogP contribution in [0.15, 0.2) is 48.5 Å². The van der Waals surface area contributed by atoms with E-state index in [0.717, 1.165) is 60.3 Å². The fraction of sp³-hybridized carbons (Fsp3) is 0.292. The minimum absolute atomic E-state index is 0.0283. The first-order valence-electron chi connectivity index (χ1n) is 11.0. The van der Waals surface area contributed by atoms with Crippen LogP contribution in [0.3, 0.4) is 0 Å². The van der Waals surface area contributed by atoms with Crippen LogP contribution in [0, 0.1) is 0 Å². The molecule has 4 rings (SSSR count). The van der Waals surface area contributed by atoms with Crippen molar-refractivity contribution < 1.29 is 27.9 Å². The van der Waals surface area contributed by atoms with Crippen molar-refractivity contribution in [3.63, 3.8) is 0 Å². The average molecular weight is 558 g/mol. The second-order valence-electron chi connectivity index (χ2n) is 8.33. The number of amides is 2. The van der Waals surface area contributed by atoms with Crippen LogP contribution in [0.4, 0.5) is 18.9 Å². The van der Waals surface area contributed by atoms with Crippen LogP contribution in [0.25, 0.3) is 0 Å². The number of phenolic OH excluding ortho intramolecular Hbond substituents is 1. The molecule has 0 aliphatic heterocycles. The highest BCUT2D eigenvalue weighted by Gasteiger charge is 2.38. The van der Waals surface area contributed by atoms with E-state index in [9.17, 15) is 27.9 Å². The summed E-state index contributed by atoms with van der Waals surface area (Å²) in [5, 5.41) is 12.5. The van der Waals surface area contributed by atoms with Crippen molar-refractivity contribution >= 4 is 52.2 Å². The summed E-state index contributed by atoms with van der Waals surface area (Å²) in [4.78, 5) is 28.4. The molecule has 36 heavy (non-hydrogen) atoms. The lowest BCUT2D eigenvalue weighted by Gasteiger charge is -2.32. The minimum Gasteiger partial charge on any atom is -0.508 e. The quantitative estimate of drug-likeness (QED) is 0.356. The zero-order valence-corrected chi connectivity index (χ0v) is 20.9. The molecule has 12 heteroatoms. The summed E-state index contributed by atoms with van der Waals surface area (Å²) in [7, 11) is 0. The Morgan fingerprint density at radius 3 is 2.36 bits per heavy atom. The maximum atomic E-state index is 13.8. The normalized spacial score (nSPS) is 15.0. The highest BCUT2D eigenvalue weighted by atomic mass is 35.5. The van der Waals surface area contributed by atoms with Crippen molar-refractivity contribution in [1.82, 2.24) is 9.69 Å². The molecule has 1 atom stereocenters. The summed E-state index contributed by atoms with van der Waals surface area (Å²) in [6.07, 6.45) is -1.33. The Morgan fingerprint density at radius 2 is 1.78 bits per heavy atom. The van der Waals surface area contributed by atoms with E-state index in [-0.39, 0.29) is 38.1 Å². The lowest BCUT2D eigenvalue weighted by molar-refractivity contribution is -0.137. The van der Waals surface area contributed by atoms with E-state index < -0.39 is 29.6 Å². The summed E-state index contributed by atoms with van der Waals surface area (Å²) < 4.78 is 44.7. The number of phenols is 1. The third kappa shape index (κ3) is 5.61. The first-order valence-corrected chi connectivity index (χ1v) is 12.5. The zero-order valence-electron chi connectivity index (χ0n) is 18.6. The number of hydrogen-bond donors (Lipinski definition) is 2. The number of carbonyl (C=O) groups excluding carboxylic acids is 2. The zero-order chi connectivity index (χ0) is 26.0. The van der Waals surface area contributed by atoms with Crippen molar-refractivity contribution in [3.8, 4) is 5.75 Å². The van der Waals surface area contributed by atoms with Gasteiger partial charge in [0.2, 0.25) is 5.91 Å². The maximum Gasteiger partial charge on any atom is 0.416 e. The van der Waals surface area contributed by atoms with E-state index in [2.05, 4.69) is 9.69 Å². The van der Waals surface area contributed by atoms with Crippen LogP contribution in [-0.4, -0.2) is 27.3 Å². The molecule has 1 fully saturated rings. The van der Waals surface area contributed by atoms with E-state index in [0.29, 0.717) is 0 Å². The van der Waals surface area contributed by atoms with Gasteiger partial charge in [-0.2, -0.15) is 17.5 Å². The number of benzene rings is 2. The predicted molar refractivity (Wildman–Crippen MR) is 132 cm³/mol. The Hall–Kier alpha value is -2.82. The second kappa shape index (κ2) is 10.7. The standard InChI is InChI=1S/C24H20Cl2F3N3O3S/c25-18-19(31-36-21(18)26)23(35)32(16-7-3-4-14(12-16)24(27,28)29)20(13-8-10-17(33)11-9-13)22(34)30-15-5-1-2-6-15/h3-4,7-12,15,20,33H,1-2,5-6H2,(H,30,34). The smallest absolute Gasteiger partial charge is 0.416 e. The number of aromatic hydroxyl groups is 1. The third-order valence-electron chi connectivity index (χ3n) is 5.89. The van der Waals surface area contributed by atoms with Gasteiger partial charge in [0.1, 0.15) is 21.2 Å². The van der Waals surface area contributed by atoms with Crippen LogP contribution in [0.2, 0.25) is 9.36 Å². The third-order valence-corrected chi connectivity index (χ3v) is 7.50. The average Bonchev–Trinajstić information content (AvgIpc) is 3.47. The molecule has 0 radical (unpaired) electrons. The molecule has 1 unspecified atom stereocenters. The largest absolute Gasteiger partial charge is 0.508 e. The fourth-order valence-corrected chi connectivity index (χ4v) is 5.13. The van der Waals surface area contributed by atoms with Gasteiger partial charge >= 0.3 is 6.18 Å². The lowest BCUT2D eigenvalue weighted by atomic mass is 10.0. The van der Waals surface area contributed by atoms with Crippen molar-refractivity contribution in [3.05, 3.63) is 74.7 Å². The molecule has 2 N–H and O–H groups in total. The molecule has 1 heterocycles. The van der Waals surface area contributed by atoms with Gasteiger partial charge in [0.25, 0.3) is 5.91 Å². The van der Waals surface area contributed by atoms with Gasteiger partial charge in [-0.1, -0.05) is 54.2 Å². The molecule has 0 bridgehead atoms. The topological polar surface area (TPSA) is 82.5 Å². The van der Waals surface area contributed by atoms with Gasteiger partial charge in [-0.05, 0) is 60.3 Å². The van der Waals surface area contributed by atoms with Crippen molar-refractivity contribution in [2.24, 2.45) is 0 Å². The second-order valence-corrected chi connectivity index (χ2v) is 10.1. The van der Waals surface area contributed by atoms with Crippen molar-refractivity contribution in [2.75, 3.05) is 4.90 Å². The Kier molecular flexibility index (Phi) is 7.77. The summed E-state index contributed by atoms with van der Waals surface area (Å²) >= 11 is 12.9. The number of nitrogens with zero attached hydrogens (tertiary/aromatic N) is 2.